The van der Waals surface area contributed by atoms with Gasteiger partial charge in [-0.25, -0.2) is 8.78 Å². The smallest absolute Gasteiger partial charge is 0.166 e. The molecule has 0 aliphatic carbocycles. The second kappa shape index (κ2) is 10.0. The molecule has 5 rings (SSSR count). The van der Waals surface area contributed by atoms with Crippen molar-refractivity contribution in [1.29, 1.82) is 0 Å². The van der Waals surface area contributed by atoms with Gasteiger partial charge in [-0.05, 0) is 47.5 Å². The number of aliphatic imine (C=N–C) groups is 1. The van der Waals surface area contributed by atoms with Gasteiger partial charge in [0.05, 0.1) is 19.7 Å². The van der Waals surface area contributed by atoms with Gasteiger partial charge in [0.2, 0.25) is 0 Å². The third kappa shape index (κ3) is 4.84. The van der Waals surface area contributed by atoms with E-state index < -0.39 is 5.82 Å². The highest BCUT2D eigenvalue weighted by molar-refractivity contribution is 6.10. The van der Waals surface area contributed by atoms with Crippen LogP contribution in [0.15, 0.2) is 78.1 Å². The monoisotopic (exact) mass is 487 g/mol. The van der Waals surface area contributed by atoms with E-state index in [0.717, 1.165) is 11.1 Å². The van der Waals surface area contributed by atoms with Crippen LogP contribution in [0.25, 0.3) is 16.5 Å². The van der Waals surface area contributed by atoms with Gasteiger partial charge < -0.3 is 19.1 Å². The van der Waals surface area contributed by atoms with Crippen molar-refractivity contribution in [3.63, 3.8) is 0 Å². The Kier molecular flexibility index (Phi) is 6.49. The summed E-state index contributed by atoms with van der Waals surface area (Å²) in [5, 5.41) is 0.664. The normalized spacial score (nSPS) is 13.0. The molecule has 6 nitrogen and oxygen atoms in total. The molecule has 1 aliphatic heterocycles. The molecule has 2 heterocycles. The lowest BCUT2D eigenvalue weighted by molar-refractivity contribution is 0.355. The van der Waals surface area contributed by atoms with E-state index in [1.807, 2.05) is 11.1 Å². The lowest BCUT2D eigenvalue weighted by atomic mass is 10.1. The maximum atomic E-state index is 15.1. The first-order valence-electron chi connectivity index (χ1n) is 11.2. The van der Waals surface area contributed by atoms with Gasteiger partial charge in [-0.1, -0.05) is 18.2 Å². The first-order chi connectivity index (χ1) is 17.5. The molecule has 1 aliphatic rings. The summed E-state index contributed by atoms with van der Waals surface area (Å²) in [5.74, 6) is 0.800. The molecule has 3 aromatic carbocycles. The summed E-state index contributed by atoms with van der Waals surface area (Å²) in [6, 6.07) is 16.3. The molecule has 0 N–H and O–H groups in total. The van der Waals surface area contributed by atoms with Crippen LogP contribution in [-0.4, -0.2) is 37.0 Å². The zero-order chi connectivity index (χ0) is 25.1. The van der Waals surface area contributed by atoms with Crippen LogP contribution in [-0.2, 0) is 6.54 Å². The van der Waals surface area contributed by atoms with E-state index in [9.17, 15) is 4.39 Å². The van der Waals surface area contributed by atoms with Crippen LogP contribution >= 0.6 is 0 Å². The van der Waals surface area contributed by atoms with Crippen LogP contribution in [0, 0.1) is 11.6 Å². The molecule has 0 spiro atoms. The summed E-state index contributed by atoms with van der Waals surface area (Å²) in [4.78, 5) is 10.7. The number of nitrogens with zero attached hydrogens (tertiary/aromatic N) is 3. The Bertz CT molecular complexity index is 1470. The van der Waals surface area contributed by atoms with Crippen molar-refractivity contribution in [3.05, 3.63) is 95.8 Å². The molecular weight excluding hydrogens is 464 g/mol. The van der Waals surface area contributed by atoms with Crippen molar-refractivity contribution in [2.75, 3.05) is 20.9 Å². The minimum absolute atomic E-state index is 0.0811. The van der Waals surface area contributed by atoms with Gasteiger partial charge in [0, 0.05) is 42.2 Å². The molecular formula is C28H23F2N3O3. The Labute approximate surface area is 207 Å². The van der Waals surface area contributed by atoms with E-state index in [0.29, 0.717) is 46.9 Å². The Hall–Kier alpha value is -4.46. The van der Waals surface area contributed by atoms with Crippen molar-refractivity contribution in [2.24, 2.45) is 4.99 Å². The Morgan fingerprint density at radius 1 is 0.861 bits per heavy atom. The number of methoxy groups -OCH3 is 2. The van der Waals surface area contributed by atoms with Crippen LogP contribution in [0.1, 0.15) is 11.1 Å². The largest absolute Gasteiger partial charge is 0.493 e. The third-order valence-corrected chi connectivity index (χ3v) is 5.81. The van der Waals surface area contributed by atoms with Gasteiger partial charge in [-0.3, -0.25) is 9.98 Å². The first-order valence-corrected chi connectivity index (χ1v) is 11.2. The molecule has 4 aromatic rings. The summed E-state index contributed by atoms with van der Waals surface area (Å²) in [7, 11) is 3.10. The molecule has 36 heavy (non-hydrogen) atoms. The van der Waals surface area contributed by atoms with Gasteiger partial charge in [-0.15, -0.1) is 0 Å². The van der Waals surface area contributed by atoms with Crippen LogP contribution in [0.5, 0.6) is 23.0 Å². The second-order valence-electron chi connectivity index (χ2n) is 8.19. The van der Waals surface area contributed by atoms with Crippen LogP contribution in [0.2, 0.25) is 0 Å². The number of benzene rings is 3. The highest BCUT2D eigenvalue weighted by Gasteiger charge is 2.15. The Morgan fingerprint density at radius 3 is 2.39 bits per heavy atom. The fraction of sp³-hybridized carbons (Fsp3) is 0.143. The van der Waals surface area contributed by atoms with E-state index in [1.165, 1.54) is 18.2 Å². The van der Waals surface area contributed by atoms with Gasteiger partial charge in [-0.2, -0.15) is 0 Å². The second-order valence-corrected chi connectivity index (χ2v) is 8.19. The van der Waals surface area contributed by atoms with E-state index >= 15 is 4.39 Å². The predicted octanol–water partition coefficient (Wildman–Crippen LogP) is 6.21. The molecule has 0 bridgehead atoms. The topological polar surface area (TPSA) is 56.2 Å². The minimum atomic E-state index is -0.511. The molecule has 0 amide bonds. The third-order valence-electron chi connectivity index (χ3n) is 5.81. The average Bonchev–Trinajstić information content (AvgIpc) is 2.90. The van der Waals surface area contributed by atoms with Gasteiger partial charge in [0.15, 0.2) is 23.1 Å². The number of rotatable bonds is 7. The summed E-state index contributed by atoms with van der Waals surface area (Å²) in [6.07, 6.45) is 5.23. The number of ether oxygens (including phenoxy) is 3. The predicted molar refractivity (Wildman–Crippen MR) is 135 cm³/mol. The fourth-order valence-corrected chi connectivity index (χ4v) is 4.00. The van der Waals surface area contributed by atoms with E-state index in [2.05, 4.69) is 9.98 Å². The highest BCUT2D eigenvalue weighted by atomic mass is 19.1. The van der Waals surface area contributed by atoms with Crippen molar-refractivity contribution in [1.82, 2.24) is 9.88 Å². The molecule has 0 atom stereocenters. The number of hydrogen-bond acceptors (Lipinski definition) is 6. The number of halogens is 2. The molecule has 0 saturated heterocycles. The standard InChI is InChI=1S/C28H23F2N3O3/c1-34-27-12-22-24(13-28(27)35-2)32-10-9-25(22)36-26-8-5-19(11-23(26)30)20-14-31-17-33(16-20)15-18-3-6-21(29)7-4-18/h3-14,16H,15,17H2,1-2H3. The number of hydrogen-bond donors (Lipinski definition) is 0. The quantitative estimate of drug-likeness (QED) is 0.310. The van der Waals surface area contributed by atoms with Crippen molar-refractivity contribution < 1.29 is 23.0 Å². The maximum Gasteiger partial charge on any atom is 0.166 e. The first kappa shape index (κ1) is 23.3. The van der Waals surface area contributed by atoms with Crippen LogP contribution in [0.3, 0.4) is 0 Å². The zero-order valence-electron chi connectivity index (χ0n) is 19.7. The van der Waals surface area contributed by atoms with Gasteiger partial charge in [0.1, 0.15) is 18.2 Å². The number of aromatic nitrogens is 1. The molecule has 0 fully saturated rings. The fourth-order valence-electron chi connectivity index (χ4n) is 4.00. The van der Waals surface area contributed by atoms with E-state index in [-0.39, 0.29) is 11.6 Å². The number of fused-ring (bicyclic) bond motifs is 1. The molecule has 0 unspecified atom stereocenters. The average molecular weight is 488 g/mol. The molecule has 8 heteroatoms. The summed E-state index contributed by atoms with van der Waals surface area (Å²) in [6.45, 7) is 1.03. The minimum Gasteiger partial charge on any atom is -0.493 e. The molecule has 1 aromatic heterocycles. The Balaban J connectivity index is 1.39. The van der Waals surface area contributed by atoms with Crippen molar-refractivity contribution in [2.45, 2.75) is 6.54 Å². The molecule has 0 saturated carbocycles. The molecule has 182 valence electrons. The van der Waals surface area contributed by atoms with Crippen LogP contribution in [0.4, 0.5) is 8.78 Å². The maximum absolute atomic E-state index is 15.1. The summed E-state index contributed by atoms with van der Waals surface area (Å²) < 4.78 is 45.0. The Morgan fingerprint density at radius 2 is 1.64 bits per heavy atom. The summed E-state index contributed by atoms with van der Waals surface area (Å²) in [5.41, 5.74) is 3.02. The van der Waals surface area contributed by atoms with Gasteiger partial charge in [0.25, 0.3) is 0 Å². The zero-order valence-corrected chi connectivity index (χ0v) is 19.7. The summed E-state index contributed by atoms with van der Waals surface area (Å²) >= 11 is 0. The number of pyridine rings is 1. The van der Waals surface area contributed by atoms with Crippen molar-refractivity contribution in [3.8, 4) is 23.0 Å². The van der Waals surface area contributed by atoms with E-state index in [1.54, 1.807) is 69.1 Å². The van der Waals surface area contributed by atoms with Gasteiger partial charge >= 0.3 is 0 Å². The highest BCUT2D eigenvalue weighted by Crippen LogP contribution is 2.37. The SMILES string of the molecule is COc1cc2nccc(Oc3ccc(C4=CN(Cc5ccc(F)cc5)CN=C4)cc3F)c2cc1OC. The molecule has 0 radical (unpaired) electrons. The number of allylic oxidation sites excluding steroid dienone is 1. The van der Waals surface area contributed by atoms with Crippen molar-refractivity contribution >= 4 is 22.7 Å². The lowest BCUT2D eigenvalue weighted by Crippen LogP contribution is -2.20. The van der Waals surface area contributed by atoms with E-state index in [4.69, 9.17) is 14.2 Å². The van der Waals surface area contributed by atoms with Crippen LogP contribution < -0.4 is 14.2 Å². The lowest BCUT2D eigenvalue weighted by Gasteiger charge is -2.23.